The third-order valence-corrected chi connectivity index (χ3v) is 6.71. The highest BCUT2D eigenvalue weighted by Gasteiger charge is 2.72. The van der Waals surface area contributed by atoms with Crippen LogP contribution in [0.1, 0.15) is 33.1 Å². The highest BCUT2D eigenvalue weighted by atomic mass is 79.9. The molecule has 0 aromatic rings. The van der Waals surface area contributed by atoms with E-state index in [1.54, 1.807) is 0 Å². The minimum Gasteiger partial charge on any atom is -0.347 e. The molecule has 2 saturated carbocycles. The van der Waals surface area contributed by atoms with Crippen molar-refractivity contribution >= 4 is 15.9 Å². The monoisotopic (exact) mass is 274 g/mol. The van der Waals surface area contributed by atoms with E-state index in [1.807, 2.05) is 0 Å². The molecule has 1 saturated heterocycles. The van der Waals surface area contributed by atoms with Gasteiger partial charge in [-0.25, -0.2) is 0 Å². The van der Waals surface area contributed by atoms with Gasteiger partial charge in [-0.1, -0.05) is 29.8 Å². The lowest BCUT2D eigenvalue weighted by atomic mass is 9.68. The lowest BCUT2D eigenvalue weighted by Gasteiger charge is -2.45. The van der Waals surface area contributed by atoms with Crippen LogP contribution in [0.5, 0.6) is 0 Å². The third kappa shape index (κ3) is 0.985. The number of hydrogen-bond acceptors (Lipinski definition) is 2. The molecule has 0 radical (unpaired) electrons. The van der Waals surface area contributed by atoms with Gasteiger partial charge >= 0.3 is 0 Å². The summed E-state index contributed by atoms with van der Waals surface area (Å²) in [7, 11) is 0. The minimum atomic E-state index is -0.252. The van der Waals surface area contributed by atoms with Crippen molar-refractivity contribution in [1.29, 1.82) is 0 Å². The van der Waals surface area contributed by atoms with Crippen LogP contribution < -0.4 is 0 Å². The Morgan fingerprint density at radius 3 is 2.47 bits per heavy atom. The fourth-order valence-corrected chi connectivity index (χ4v) is 5.24. The normalized spacial score (nSPS) is 51.8. The Hall–Kier alpha value is 0.400. The maximum absolute atomic E-state index is 5.99. The van der Waals surface area contributed by atoms with E-state index in [-0.39, 0.29) is 11.2 Å². The molecule has 3 atom stereocenters. The van der Waals surface area contributed by atoms with Crippen molar-refractivity contribution in [2.45, 2.75) is 38.9 Å². The van der Waals surface area contributed by atoms with Crippen molar-refractivity contribution in [2.24, 2.45) is 16.7 Å². The Bertz CT molecular complexity index is 287. The molecular weight excluding hydrogens is 256 g/mol. The molecule has 0 amide bonds. The van der Waals surface area contributed by atoms with Gasteiger partial charge in [0.25, 0.3) is 0 Å². The zero-order valence-corrected chi connectivity index (χ0v) is 11.1. The second-order valence-corrected chi connectivity index (χ2v) is 6.33. The van der Waals surface area contributed by atoms with E-state index >= 15 is 0 Å². The van der Waals surface area contributed by atoms with Crippen LogP contribution >= 0.6 is 15.9 Å². The molecule has 0 aromatic carbocycles. The molecule has 1 heterocycles. The fraction of sp³-hybridized carbons (Fsp3) is 1.00. The Morgan fingerprint density at radius 1 is 1.27 bits per heavy atom. The Balaban J connectivity index is 2.05. The maximum atomic E-state index is 5.99. The lowest BCUT2D eigenvalue weighted by molar-refractivity contribution is -0.236. The molecule has 3 aliphatic rings. The first-order chi connectivity index (χ1) is 7.08. The Kier molecular flexibility index (Phi) is 2.10. The zero-order chi connectivity index (χ0) is 10.7. The summed E-state index contributed by atoms with van der Waals surface area (Å²) in [5, 5.41) is 1.07. The van der Waals surface area contributed by atoms with Crippen molar-refractivity contribution < 1.29 is 9.47 Å². The summed E-state index contributed by atoms with van der Waals surface area (Å²) in [4.78, 5) is 0. The summed E-state index contributed by atoms with van der Waals surface area (Å²) in [6, 6.07) is 0. The van der Waals surface area contributed by atoms with Gasteiger partial charge in [0.2, 0.25) is 0 Å². The summed E-state index contributed by atoms with van der Waals surface area (Å²) in [6.45, 7) is 6.33. The van der Waals surface area contributed by atoms with Crippen LogP contribution in [0.15, 0.2) is 0 Å². The van der Waals surface area contributed by atoms with Crippen molar-refractivity contribution in [3.63, 3.8) is 0 Å². The standard InChI is InChI=1S/C12H19BrO2/c1-10(8-13)9-3-4-11(10,2)12(7-9)14-5-6-15-12/h9H,3-8H2,1-2H3. The number of rotatable bonds is 1. The van der Waals surface area contributed by atoms with Gasteiger partial charge in [0, 0.05) is 17.2 Å². The smallest absolute Gasteiger partial charge is 0.174 e. The zero-order valence-electron chi connectivity index (χ0n) is 9.51. The van der Waals surface area contributed by atoms with Gasteiger partial charge in [-0.05, 0) is 24.2 Å². The van der Waals surface area contributed by atoms with Crippen LogP contribution in [0.4, 0.5) is 0 Å². The van der Waals surface area contributed by atoms with Gasteiger partial charge in [-0.15, -0.1) is 0 Å². The lowest BCUT2D eigenvalue weighted by Crippen LogP contribution is -2.49. The minimum absolute atomic E-state index is 0.199. The van der Waals surface area contributed by atoms with E-state index in [1.165, 1.54) is 12.8 Å². The molecule has 2 nitrogen and oxygen atoms in total. The van der Waals surface area contributed by atoms with Crippen molar-refractivity contribution in [3.8, 4) is 0 Å². The van der Waals surface area contributed by atoms with Crippen LogP contribution in [0.2, 0.25) is 0 Å². The number of alkyl halides is 1. The van der Waals surface area contributed by atoms with Crippen LogP contribution in [-0.2, 0) is 9.47 Å². The van der Waals surface area contributed by atoms with Crippen molar-refractivity contribution in [3.05, 3.63) is 0 Å². The molecule has 0 N–H and O–H groups in total. The van der Waals surface area contributed by atoms with Gasteiger partial charge < -0.3 is 9.47 Å². The second-order valence-electron chi connectivity index (χ2n) is 5.77. The van der Waals surface area contributed by atoms with Gasteiger partial charge in [0.1, 0.15) is 0 Å². The largest absolute Gasteiger partial charge is 0.347 e. The molecule has 1 aliphatic heterocycles. The summed E-state index contributed by atoms with van der Waals surface area (Å²) in [5.74, 6) is 0.512. The van der Waals surface area contributed by atoms with Crippen LogP contribution in [-0.4, -0.2) is 24.3 Å². The van der Waals surface area contributed by atoms with Crippen molar-refractivity contribution in [2.75, 3.05) is 18.5 Å². The van der Waals surface area contributed by atoms with E-state index in [4.69, 9.17) is 9.47 Å². The van der Waals surface area contributed by atoms with Crippen LogP contribution in [0, 0.1) is 16.7 Å². The summed E-state index contributed by atoms with van der Waals surface area (Å²) < 4.78 is 12.0. The predicted octanol–water partition coefficient (Wildman–Crippen LogP) is 2.95. The Labute approximate surface area is 99.8 Å². The molecular formula is C12H19BrO2. The predicted molar refractivity (Wildman–Crippen MR) is 62.0 cm³/mol. The van der Waals surface area contributed by atoms with E-state index < -0.39 is 0 Å². The molecule has 15 heavy (non-hydrogen) atoms. The molecule has 3 fully saturated rings. The first-order valence-corrected chi connectivity index (χ1v) is 7.04. The van der Waals surface area contributed by atoms with E-state index in [0.717, 1.165) is 30.9 Å². The maximum Gasteiger partial charge on any atom is 0.174 e. The molecule has 2 aliphatic carbocycles. The number of hydrogen-bond donors (Lipinski definition) is 0. The fourth-order valence-electron chi connectivity index (χ4n) is 4.17. The van der Waals surface area contributed by atoms with Crippen LogP contribution in [0.25, 0.3) is 0 Å². The average molecular weight is 275 g/mol. The molecule has 86 valence electrons. The summed E-state index contributed by atoms with van der Waals surface area (Å²) in [5.41, 5.74) is 0.544. The molecule has 3 unspecified atom stereocenters. The first kappa shape index (κ1) is 10.5. The molecule has 0 aromatic heterocycles. The number of halogens is 1. The quantitative estimate of drug-likeness (QED) is 0.685. The topological polar surface area (TPSA) is 18.5 Å². The number of fused-ring (bicyclic) bond motifs is 3. The molecule has 3 heteroatoms. The van der Waals surface area contributed by atoms with E-state index in [2.05, 4.69) is 29.8 Å². The highest BCUT2D eigenvalue weighted by molar-refractivity contribution is 9.09. The Morgan fingerprint density at radius 2 is 1.93 bits per heavy atom. The third-order valence-electron chi connectivity index (χ3n) is 5.54. The average Bonchev–Trinajstić information content (AvgIpc) is 2.83. The summed E-state index contributed by atoms with van der Waals surface area (Å²) in [6.07, 6.45) is 3.69. The van der Waals surface area contributed by atoms with Gasteiger partial charge in [0.15, 0.2) is 5.79 Å². The molecule has 1 spiro atoms. The van der Waals surface area contributed by atoms with Crippen molar-refractivity contribution in [1.82, 2.24) is 0 Å². The van der Waals surface area contributed by atoms with Crippen LogP contribution in [0.3, 0.4) is 0 Å². The van der Waals surface area contributed by atoms with E-state index in [9.17, 15) is 0 Å². The first-order valence-electron chi connectivity index (χ1n) is 5.92. The molecule has 3 rings (SSSR count). The SMILES string of the molecule is CC1(CBr)C2CCC1(C)C1(C2)OCCO1. The molecule has 2 bridgehead atoms. The van der Waals surface area contributed by atoms with Gasteiger partial charge in [-0.3, -0.25) is 0 Å². The summed E-state index contributed by atoms with van der Waals surface area (Å²) >= 11 is 3.71. The van der Waals surface area contributed by atoms with Gasteiger partial charge in [0.05, 0.1) is 13.2 Å². The van der Waals surface area contributed by atoms with E-state index in [0.29, 0.717) is 5.41 Å². The highest BCUT2D eigenvalue weighted by Crippen LogP contribution is 2.72. The van der Waals surface area contributed by atoms with Gasteiger partial charge in [-0.2, -0.15) is 0 Å². The number of ether oxygens (including phenoxy) is 2. The second kappa shape index (κ2) is 2.99.